The molecule has 1 aromatic rings. The number of aryl methyl sites for hydroxylation is 1. The van der Waals surface area contributed by atoms with Crippen LogP contribution in [0.4, 0.5) is 5.69 Å². The number of carbonyl (C=O) groups is 2. The van der Waals surface area contributed by atoms with Crippen LogP contribution in [0.25, 0.3) is 0 Å². The van der Waals surface area contributed by atoms with Crippen molar-refractivity contribution in [1.82, 2.24) is 5.32 Å². The summed E-state index contributed by atoms with van der Waals surface area (Å²) >= 11 is 0. The Morgan fingerprint density at radius 2 is 1.95 bits per heavy atom. The van der Waals surface area contributed by atoms with Gasteiger partial charge in [-0.05, 0) is 31.9 Å². The van der Waals surface area contributed by atoms with Crippen molar-refractivity contribution >= 4 is 17.5 Å². The normalized spacial score (nSPS) is 16.5. The first-order valence-corrected chi connectivity index (χ1v) is 7.28. The number of amides is 2. The predicted octanol–water partition coefficient (Wildman–Crippen LogP) is 1.99. The molecule has 1 aliphatic rings. The Morgan fingerprint density at radius 1 is 1.29 bits per heavy atom. The summed E-state index contributed by atoms with van der Waals surface area (Å²) in [6, 6.07) is 5.29. The number of hydrogen-bond donors (Lipinski definition) is 3. The minimum Gasteiger partial charge on any atom is -0.389 e. The summed E-state index contributed by atoms with van der Waals surface area (Å²) in [6.07, 6.45) is 3.32. The van der Waals surface area contributed by atoms with Gasteiger partial charge in [0, 0.05) is 7.05 Å². The average molecular weight is 290 g/mol. The van der Waals surface area contributed by atoms with Crippen molar-refractivity contribution in [3.05, 3.63) is 29.3 Å². The van der Waals surface area contributed by atoms with Crippen molar-refractivity contribution in [2.24, 2.45) is 0 Å². The Morgan fingerprint density at radius 3 is 2.57 bits per heavy atom. The first kappa shape index (κ1) is 15.5. The number of nitrogens with one attached hydrogen (secondary N) is 2. The molecule has 3 N–H and O–H groups in total. The number of rotatable bonds is 4. The summed E-state index contributed by atoms with van der Waals surface area (Å²) in [5.41, 5.74) is 0.971. The molecule has 5 nitrogen and oxygen atoms in total. The third kappa shape index (κ3) is 3.82. The molecule has 5 heteroatoms. The van der Waals surface area contributed by atoms with Gasteiger partial charge in [0.15, 0.2) is 0 Å². The molecular weight excluding hydrogens is 268 g/mol. The number of aliphatic hydroxyl groups is 1. The van der Waals surface area contributed by atoms with Crippen molar-refractivity contribution in [3.63, 3.8) is 0 Å². The van der Waals surface area contributed by atoms with Crippen molar-refractivity contribution in [1.29, 1.82) is 0 Å². The van der Waals surface area contributed by atoms with E-state index in [0.29, 0.717) is 24.1 Å². The second-order valence-corrected chi connectivity index (χ2v) is 5.78. The molecule has 0 heterocycles. The summed E-state index contributed by atoms with van der Waals surface area (Å²) in [4.78, 5) is 24.0. The number of carbonyl (C=O) groups excluding carboxylic acids is 2. The molecule has 0 bridgehead atoms. The SMILES string of the molecule is CNC(=O)c1cc(C)ccc1NC(=O)CC1(O)CCCC1. The molecule has 0 aliphatic heterocycles. The van der Waals surface area contributed by atoms with Crippen LogP contribution < -0.4 is 10.6 Å². The molecular formula is C16H22N2O3. The second kappa shape index (κ2) is 6.26. The zero-order chi connectivity index (χ0) is 15.5. The highest BCUT2D eigenvalue weighted by molar-refractivity contribution is 6.03. The van der Waals surface area contributed by atoms with Crippen LogP contribution in [-0.2, 0) is 4.79 Å². The van der Waals surface area contributed by atoms with Gasteiger partial charge in [-0.25, -0.2) is 0 Å². The second-order valence-electron chi connectivity index (χ2n) is 5.78. The fraction of sp³-hybridized carbons (Fsp3) is 0.500. The molecule has 0 radical (unpaired) electrons. The number of hydrogen-bond acceptors (Lipinski definition) is 3. The molecule has 0 aromatic heterocycles. The van der Waals surface area contributed by atoms with Gasteiger partial charge in [0.05, 0.1) is 23.3 Å². The Hall–Kier alpha value is -1.88. The van der Waals surface area contributed by atoms with Crippen LogP contribution in [-0.4, -0.2) is 29.6 Å². The van der Waals surface area contributed by atoms with Gasteiger partial charge < -0.3 is 15.7 Å². The van der Waals surface area contributed by atoms with Gasteiger partial charge in [0.25, 0.3) is 5.91 Å². The van der Waals surface area contributed by atoms with E-state index in [1.807, 2.05) is 13.0 Å². The quantitative estimate of drug-likeness (QED) is 0.793. The lowest BCUT2D eigenvalue weighted by molar-refractivity contribution is -0.120. The monoisotopic (exact) mass is 290 g/mol. The van der Waals surface area contributed by atoms with Crippen molar-refractivity contribution in [2.75, 3.05) is 12.4 Å². The van der Waals surface area contributed by atoms with E-state index in [2.05, 4.69) is 10.6 Å². The molecule has 1 aromatic carbocycles. The molecule has 2 rings (SSSR count). The predicted molar refractivity (Wildman–Crippen MR) is 81.2 cm³/mol. The third-order valence-electron chi connectivity index (χ3n) is 3.94. The smallest absolute Gasteiger partial charge is 0.253 e. The van der Waals surface area contributed by atoms with E-state index >= 15 is 0 Å². The lowest BCUT2D eigenvalue weighted by Gasteiger charge is -2.21. The van der Waals surface area contributed by atoms with Crippen LogP contribution in [0.2, 0.25) is 0 Å². The van der Waals surface area contributed by atoms with E-state index in [1.54, 1.807) is 19.2 Å². The van der Waals surface area contributed by atoms with Crippen LogP contribution in [0.3, 0.4) is 0 Å². The largest absolute Gasteiger partial charge is 0.389 e. The van der Waals surface area contributed by atoms with E-state index in [9.17, 15) is 14.7 Å². The molecule has 1 aliphatic carbocycles. The van der Waals surface area contributed by atoms with Gasteiger partial charge in [-0.2, -0.15) is 0 Å². The standard InChI is InChI=1S/C16H22N2O3/c1-11-5-6-13(12(9-11)15(20)17-2)18-14(19)10-16(21)7-3-4-8-16/h5-6,9,21H,3-4,7-8,10H2,1-2H3,(H,17,20)(H,18,19). The highest BCUT2D eigenvalue weighted by Gasteiger charge is 2.33. The van der Waals surface area contributed by atoms with E-state index < -0.39 is 5.60 Å². The molecule has 0 spiro atoms. The fourth-order valence-corrected chi connectivity index (χ4v) is 2.79. The number of benzene rings is 1. The van der Waals surface area contributed by atoms with Crippen LogP contribution >= 0.6 is 0 Å². The minimum absolute atomic E-state index is 0.0774. The fourth-order valence-electron chi connectivity index (χ4n) is 2.79. The van der Waals surface area contributed by atoms with Gasteiger partial charge in [-0.3, -0.25) is 9.59 Å². The topological polar surface area (TPSA) is 78.4 Å². The first-order chi connectivity index (χ1) is 9.93. The minimum atomic E-state index is -0.887. The highest BCUT2D eigenvalue weighted by atomic mass is 16.3. The van der Waals surface area contributed by atoms with Gasteiger partial charge in [-0.15, -0.1) is 0 Å². The van der Waals surface area contributed by atoms with Crippen molar-refractivity contribution in [3.8, 4) is 0 Å². The summed E-state index contributed by atoms with van der Waals surface area (Å²) in [7, 11) is 1.55. The maximum atomic E-state index is 12.1. The van der Waals surface area contributed by atoms with Crippen LogP contribution in [0, 0.1) is 6.92 Å². The zero-order valence-electron chi connectivity index (χ0n) is 12.5. The summed E-state index contributed by atoms with van der Waals surface area (Å²) in [5, 5.41) is 15.6. The molecule has 21 heavy (non-hydrogen) atoms. The van der Waals surface area contributed by atoms with Gasteiger partial charge in [-0.1, -0.05) is 24.5 Å². The van der Waals surface area contributed by atoms with Crippen molar-refractivity contribution in [2.45, 2.75) is 44.6 Å². The molecule has 2 amide bonds. The zero-order valence-corrected chi connectivity index (χ0v) is 12.5. The third-order valence-corrected chi connectivity index (χ3v) is 3.94. The maximum Gasteiger partial charge on any atom is 0.253 e. The van der Waals surface area contributed by atoms with E-state index in [0.717, 1.165) is 18.4 Å². The van der Waals surface area contributed by atoms with Crippen LogP contribution in [0.5, 0.6) is 0 Å². The van der Waals surface area contributed by atoms with E-state index in [1.165, 1.54) is 0 Å². The summed E-state index contributed by atoms with van der Waals surface area (Å²) in [6.45, 7) is 1.89. The first-order valence-electron chi connectivity index (χ1n) is 7.28. The molecule has 0 saturated heterocycles. The van der Waals surface area contributed by atoms with Crippen molar-refractivity contribution < 1.29 is 14.7 Å². The van der Waals surface area contributed by atoms with Crippen LogP contribution in [0.1, 0.15) is 48.0 Å². The van der Waals surface area contributed by atoms with Gasteiger partial charge in [0.2, 0.25) is 5.91 Å². The van der Waals surface area contributed by atoms with Gasteiger partial charge >= 0.3 is 0 Å². The molecule has 0 atom stereocenters. The molecule has 1 fully saturated rings. The lowest BCUT2D eigenvalue weighted by Crippen LogP contribution is -2.31. The molecule has 1 saturated carbocycles. The van der Waals surface area contributed by atoms with Crippen LogP contribution in [0.15, 0.2) is 18.2 Å². The average Bonchev–Trinajstić information content (AvgIpc) is 2.86. The Kier molecular flexibility index (Phi) is 4.63. The van der Waals surface area contributed by atoms with E-state index in [4.69, 9.17) is 0 Å². The Labute approximate surface area is 124 Å². The number of anilines is 1. The lowest BCUT2D eigenvalue weighted by atomic mass is 9.97. The van der Waals surface area contributed by atoms with Gasteiger partial charge in [0.1, 0.15) is 0 Å². The molecule has 0 unspecified atom stereocenters. The van der Waals surface area contributed by atoms with E-state index in [-0.39, 0.29) is 18.2 Å². The Bertz CT molecular complexity index is 548. The molecule has 114 valence electrons. The summed E-state index contributed by atoms with van der Waals surface area (Å²) < 4.78 is 0. The Balaban J connectivity index is 2.11. The summed E-state index contributed by atoms with van der Waals surface area (Å²) in [5.74, 6) is -0.498. The maximum absolute atomic E-state index is 12.1. The highest BCUT2D eigenvalue weighted by Crippen LogP contribution is 2.32.